The van der Waals surface area contributed by atoms with E-state index in [0.29, 0.717) is 19.1 Å². The van der Waals surface area contributed by atoms with Gasteiger partial charge in [-0.15, -0.1) is 11.8 Å². The largest absolute Gasteiger partial charge is 0.471 e. The molecule has 3 nitrogen and oxygen atoms in total. The molecule has 0 saturated carbocycles. The van der Waals surface area contributed by atoms with Gasteiger partial charge in [-0.05, 0) is 29.3 Å². The first-order valence-corrected chi connectivity index (χ1v) is 7.92. The van der Waals surface area contributed by atoms with Crippen LogP contribution >= 0.6 is 11.8 Å². The predicted octanol–water partition coefficient (Wildman–Crippen LogP) is 4.00. The van der Waals surface area contributed by atoms with Crippen LogP contribution in [0.1, 0.15) is 16.7 Å². The second kappa shape index (κ2) is 6.68. The molecule has 0 aliphatic carbocycles. The Morgan fingerprint density at radius 2 is 1.90 bits per heavy atom. The number of nitrogens with zero attached hydrogens (tertiary/aromatic N) is 1. The zero-order valence-corrected chi connectivity index (χ0v) is 12.7. The van der Waals surface area contributed by atoms with Crippen molar-refractivity contribution >= 4 is 17.7 Å². The Kier molecular flexibility index (Phi) is 4.46. The van der Waals surface area contributed by atoms with Crippen molar-refractivity contribution in [2.45, 2.75) is 17.6 Å². The first-order chi connectivity index (χ1) is 10.3. The molecule has 0 unspecified atom stereocenters. The minimum atomic E-state index is 0.516. The highest BCUT2D eigenvalue weighted by atomic mass is 32.2. The van der Waals surface area contributed by atoms with Gasteiger partial charge in [0, 0.05) is 10.6 Å². The van der Waals surface area contributed by atoms with Gasteiger partial charge in [-0.1, -0.05) is 42.5 Å². The molecular weight excluding hydrogens is 282 g/mol. The number of benzene rings is 2. The van der Waals surface area contributed by atoms with Gasteiger partial charge in [-0.25, -0.2) is 0 Å². The van der Waals surface area contributed by atoms with Crippen LogP contribution in [0.3, 0.4) is 0 Å². The van der Waals surface area contributed by atoms with Crippen molar-refractivity contribution in [3.8, 4) is 0 Å². The Labute approximate surface area is 129 Å². The minimum absolute atomic E-state index is 0.516. The van der Waals surface area contributed by atoms with Crippen LogP contribution in [0.5, 0.6) is 0 Å². The minimum Gasteiger partial charge on any atom is -0.471 e. The van der Waals surface area contributed by atoms with Crippen LogP contribution in [0.4, 0.5) is 0 Å². The van der Waals surface area contributed by atoms with E-state index in [4.69, 9.17) is 9.57 Å². The van der Waals surface area contributed by atoms with E-state index < -0.39 is 0 Å². The standard InChI is InChI=1S/C17H17NO2S/c1-13-6-5-9-15(17-18-20-11-10-19-17)16(13)21-12-14-7-3-2-4-8-14/h2-9H,10-12H2,1H3. The van der Waals surface area contributed by atoms with Gasteiger partial charge in [-0.3, -0.25) is 0 Å². The number of ether oxygens (including phenoxy) is 1. The summed E-state index contributed by atoms with van der Waals surface area (Å²) in [6, 6.07) is 16.6. The van der Waals surface area contributed by atoms with Crippen molar-refractivity contribution in [3.05, 3.63) is 65.2 Å². The van der Waals surface area contributed by atoms with Crippen molar-refractivity contribution in [2.75, 3.05) is 13.2 Å². The molecule has 1 heterocycles. The molecule has 0 atom stereocenters. The van der Waals surface area contributed by atoms with Gasteiger partial charge >= 0.3 is 0 Å². The van der Waals surface area contributed by atoms with Crippen LogP contribution < -0.4 is 0 Å². The Balaban J connectivity index is 1.85. The van der Waals surface area contributed by atoms with Crippen LogP contribution in [0.25, 0.3) is 0 Å². The monoisotopic (exact) mass is 299 g/mol. The summed E-state index contributed by atoms with van der Waals surface area (Å²) in [6.45, 7) is 3.18. The lowest BCUT2D eigenvalue weighted by Crippen LogP contribution is -2.18. The fraction of sp³-hybridized carbons (Fsp3) is 0.235. The molecule has 3 rings (SSSR count). The van der Waals surface area contributed by atoms with E-state index in [-0.39, 0.29) is 0 Å². The van der Waals surface area contributed by atoms with Crippen LogP contribution in [-0.4, -0.2) is 19.1 Å². The van der Waals surface area contributed by atoms with E-state index in [9.17, 15) is 0 Å². The van der Waals surface area contributed by atoms with Gasteiger partial charge in [0.15, 0.2) is 6.61 Å². The molecule has 1 aliphatic heterocycles. The summed E-state index contributed by atoms with van der Waals surface area (Å²) in [6.07, 6.45) is 0. The average molecular weight is 299 g/mol. The second-order valence-corrected chi connectivity index (χ2v) is 5.79. The number of hydrogen-bond donors (Lipinski definition) is 0. The molecule has 0 saturated heterocycles. The van der Waals surface area contributed by atoms with E-state index in [0.717, 1.165) is 11.3 Å². The predicted molar refractivity (Wildman–Crippen MR) is 85.6 cm³/mol. The van der Waals surface area contributed by atoms with Crippen molar-refractivity contribution in [2.24, 2.45) is 5.16 Å². The Hall–Kier alpha value is -1.94. The summed E-state index contributed by atoms with van der Waals surface area (Å²) < 4.78 is 5.62. The zero-order valence-electron chi connectivity index (χ0n) is 11.9. The highest BCUT2D eigenvalue weighted by Crippen LogP contribution is 2.30. The van der Waals surface area contributed by atoms with Gasteiger partial charge in [0.25, 0.3) is 5.90 Å². The lowest BCUT2D eigenvalue weighted by atomic mass is 10.1. The lowest BCUT2D eigenvalue weighted by Gasteiger charge is -2.17. The van der Waals surface area contributed by atoms with Gasteiger partial charge in [-0.2, -0.15) is 0 Å². The van der Waals surface area contributed by atoms with Crippen LogP contribution in [-0.2, 0) is 15.3 Å². The molecule has 21 heavy (non-hydrogen) atoms. The Morgan fingerprint density at radius 3 is 2.67 bits per heavy atom. The van der Waals surface area contributed by atoms with Crippen molar-refractivity contribution in [1.82, 2.24) is 0 Å². The fourth-order valence-corrected chi connectivity index (χ4v) is 3.29. The summed E-state index contributed by atoms with van der Waals surface area (Å²) in [5.41, 5.74) is 3.54. The maximum absolute atomic E-state index is 5.62. The summed E-state index contributed by atoms with van der Waals surface area (Å²) in [5.74, 6) is 1.51. The summed E-state index contributed by atoms with van der Waals surface area (Å²) in [7, 11) is 0. The Morgan fingerprint density at radius 1 is 1.05 bits per heavy atom. The summed E-state index contributed by atoms with van der Waals surface area (Å²) in [5, 5.41) is 4.04. The molecule has 0 fully saturated rings. The highest BCUT2D eigenvalue weighted by molar-refractivity contribution is 7.98. The smallest absolute Gasteiger partial charge is 0.258 e. The first kappa shape index (κ1) is 14.0. The third-order valence-electron chi connectivity index (χ3n) is 3.23. The molecule has 0 spiro atoms. The van der Waals surface area contributed by atoms with E-state index >= 15 is 0 Å². The molecule has 0 aromatic heterocycles. The molecule has 0 bridgehead atoms. The maximum Gasteiger partial charge on any atom is 0.258 e. The number of hydrogen-bond acceptors (Lipinski definition) is 4. The number of thioether (sulfide) groups is 1. The van der Waals surface area contributed by atoms with E-state index in [1.807, 2.05) is 18.2 Å². The van der Waals surface area contributed by atoms with Gasteiger partial charge in [0.1, 0.15) is 6.61 Å². The molecule has 2 aromatic carbocycles. The highest BCUT2D eigenvalue weighted by Gasteiger charge is 2.16. The van der Waals surface area contributed by atoms with Crippen LogP contribution in [0.2, 0.25) is 0 Å². The second-order valence-electron chi connectivity index (χ2n) is 4.80. The van der Waals surface area contributed by atoms with Crippen molar-refractivity contribution < 1.29 is 9.57 Å². The van der Waals surface area contributed by atoms with Gasteiger partial charge in [0.2, 0.25) is 0 Å². The number of aryl methyl sites for hydroxylation is 1. The van der Waals surface area contributed by atoms with Gasteiger partial charge in [0.05, 0.1) is 5.56 Å². The third-order valence-corrected chi connectivity index (χ3v) is 4.54. The molecule has 2 aromatic rings. The SMILES string of the molecule is Cc1cccc(C2=NOCCO2)c1SCc1ccccc1. The van der Waals surface area contributed by atoms with Crippen LogP contribution in [0.15, 0.2) is 58.6 Å². The topological polar surface area (TPSA) is 30.8 Å². The molecule has 0 radical (unpaired) electrons. The van der Waals surface area contributed by atoms with E-state index in [1.165, 1.54) is 16.0 Å². The molecule has 1 aliphatic rings. The Bertz CT molecular complexity index is 640. The lowest BCUT2D eigenvalue weighted by molar-refractivity contribution is 0.0653. The molecular formula is C17H17NO2S. The van der Waals surface area contributed by atoms with E-state index in [2.05, 4.69) is 42.4 Å². The molecule has 0 N–H and O–H groups in total. The quantitative estimate of drug-likeness (QED) is 0.800. The normalized spacial score (nSPS) is 14.0. The fourth-order valence-electron chi connectivity index (χ4n) is 2.18. The third kappa shape index (κ3) is 3.39. The molecule has 108 valence electrons. The van der Waals surface area contributed by atoms with Crippen molar-refractivity contribution in [1.29, 1.82) is 0 Å². The average Bonchev–Trinajstić information content (AvgIpc) is 2.55. The summed E-state index contributed by atoms with van der Waals surface area (Å²) >= 11 is 1.80. The molecule has 4 heteroatoms. The van der Waals surface area contributed by atoms with Crippen molar-refractivity contribution in [3.63, 3.8) is 0 Å². The first-order valence-electron chi connectivity index (χ1n) is 6.94. The zero-order chi connectivity index (χ0) is 14.5. The van der Waals surface area contributed by atoms with E-state index in [1.54, 1.807) is 11.8 Å². The number of rotatable bonds is 4. The van der Waals surface area contributed by atoms with Crippen LogP contribution in [0, 0.1) is 6.92 Å². The maximum atomic E-state index is 5.62. The molecule has 0 amide bonds. The number of oxime groups is 1. The summed E-state index contributed by atoms with van der Waals surface area (Å²) in [4.78, 5) is 6.35. The van der Waals surface area contributed by atoms with Gasteiger partial charge < -0.3 is 9.57 Å².